The average Bonchev–Trinajstić information content (AvgIpc) is 3.39. The summed E-state index contributed by atoms with van der Waals surface area (Å²) in [6.45, 7) is 21.6. The number of esters is 1. The van der Waals surface area contributed by atoms with Gasteiger partial charge >= 0.3 is 5.97 Å². The zero-order chi connectivity index (χ0) is 29.2. The number of carbonyl (C=O) groups excluding carboxylic acids is 3. The number of carbonyl (C=O) groups is 3. The third-order valence-corrected chi connectivity index (χ3v) is 10.6. The molecule has 2 unspecified atom stereocenters. The van der Waals surface area contributed by atoms with Crippen molar-refractivity contribution in [3.8, 4) is 0 Å². The quantitative estimate of drug-likeness (QED) is 0.183. The maximum absolute atomic E-state index is 14.7. The maximum Gasteiger partial charge on any atom is 0.311 e. The second-order valence-electron chi connectivity index (χ2n) is 13.6. The molecule has 3 rings (SSSR count). The lowest BCUT2D eigenvalue weighted by Gasteiger charge is -2.46. The van der Waals surface area contributed by atoms with Crippen molar-refractivity contribution < 1.29 is 24.2 Å². The summed E-state index contributed by atoms with van der Waals surface area (Å²) >= 11 is 1.68. The highest BCUT2D eigenvalue weighted by Gasteiger charge is 2.77. The summed E-state index contributed by atoms with van der Waals surface area (Å²) in [7, 11) is 0. The molecule has 1 N–H and O–H groups in total. The normalized spacial score (nSPS) is 29.9. The molecule has 3 aliphatic rings. The van der Waals surface area contributed by atoms with Crippen LogP contribution in [0.3, 0.4) is 0 Å². The molecule has 0 radical (unpaired) electrons. The Morgan fingerprint density at radius 3 is 2.44 bits per heavy atom. The van der Waals surface area contributed by atoms with Gasteiger partial charge in [-0.15, -0.1) is 24.9 Å². The van der Waals surface area contributed by atoms with E-state index in [0.717, 1.165) is 19.3 Å². The molecule has 0 aromatic heterocycles. The summed E-state index contributed by atoms with van der Waals surface area (Å²) in [6, 6.07) is -0.652. The minimum atomic E-state index is -0.667. The third-order valence-electron chi connectivity index (χ3n) is 8.66. The number of hydrogen-bond donors (Lipinski definition) is 1. The Morgan fingerprint density at radius 1 is 1.15 bits per heavy atom. The topological polar surface area (TPSA) is 87.1 Å². The fourth-order valence-electron chi connectivity index (χ4n) is 7.51. The summed E-state index contributed by atoms with van der Waals surface area (Å²) in [6.07, 6.45) is 8.42. The van der Waals surface area contributed by atoms with E-state index in [1.54, 1.807) is 28.8 Å². The Balaban J connectivity index is 2.04. The molecule has 3 heterocycles. The minimum Gasteiger partial charge on any atom is -0.465 e. The van der Waals surface area contributed by atoms with Crippen LogP contribution in [0, 0.1) is 17.3 Å². The van der Waals surface area contributed by atoms with Crippen molar-refractivity contribution in [1.82, 2.24) is 9.80 Å². The molecular weight excluding hydrogens is 512 g/mol. The minimum absolute atomic E-state index is 0.00612. The molecule has 3 aliphatic heterocycles. The van der Waals surface area contributed by atoms with E-state index in [9.17, 15) is 19.5 Å². The number of nitrogens with zero attached hydrogens (tertiary/aromatic N) is 2. The number of hydrogen-bond acceptors (Lipinski definition) is 6. The first-order valence-corrected chi connectivity index (χ1v) is 15.3. The van der Waals surface area contributed by atoms with Gasteiger partial charge in [-0.25, -0.2) is 0 Å². The van der Waals surface area contributed by atoms with Gasteiger partial charge in [0.2, 0.25) is 11.8 Å². The first-order chi connectivity index (χ1) is 18.2. The van der Waals surface area contributed by atoms with Crippen LogP contribution in [0.5, 0.6) is 0 Å². The molecule has 2 bridgehead atoms. The molecule has 0 aliphatic carbocycles. The van der Waals surface area contributed by atoms with Gasteiger partial charge in [-0.2, -0.15) is 0 Å². The van der Waals surface area contributed by atoms with Crippen LogP contribution in [0.15, 0.2) is 25.3 Å². The summed E-state index contributed by atoms with van der Waals surface area (Å²) in [5.41, 5.74) is -0.466. The van der Waals surface area contributed by atoms with Crippen LogP contribution in [-0.2, 0) is 19.1 Å². The van der Waals surface area contributed by atoms with E-state index in [1.165, 1.54) is 0 Å². The Labute approximate surface area is 239 Å². The fourth-order valence-corrected chi connectivity index (χ4v) is 9.85. The molecule has 39 heavy (non-hydrogen) atoms. The number of aliphatic hydroxyl groups excluding tert-OH is 1. The Morgan fingerprint density at radius 2 is 1.85 bits per heavy atom. The van der Waals surface area contributed by atoms with Gasteiger partial charge in [0.15, 0.2) is 0 Å². The second-order valence-corrected chi connectivity index (χ2v) is 15.5. The molecule has 0 saturated carbocycles. The summed E-state index contributed by atoms with van der Waals surface area (Å²) in [4.78, 5) is 46.1. The molecule has 5 atom stereocenters. The van der Waals surface area contributed by atoms with Crippen LogP contribution >= 0.6 is 11.8 Å². The Bertz CT molecular complexity index is 959. The van der Waals surface area contributed by atoms with Crippen LogP contribution in [0.4, 0.5) is 0 Å². The van der Waals surface area contributed by atoms with Crippen LogP contribution in [0.2, 0.25) is 0 Å². The van der Waals surface area contributed by atoms with Gasteiger partial charge in [0.1, 0.15) is 6.04 Å². The zero-order valence-corrected chi connectivity index (χ0v) is 25.8. The fraction of sp³-hybridized carbons (Fsp3) is 0.774. The number of fused-ring (bicyclic) bond motifs is 1. The predicted octanol–water partition coefficient (Wildman–Crippen LogP) is 4.98. The van der Waals surface area contributed by atoms with E-state index in [-0.39, 0.29) is 36.4 Å². The number of ether oxygens (including phenoxy) is 1. The molecule has 0 aromatic carbocycles. The molecule has 2 amide bonds. The Kier molecular flexibility index (Phi) is 9.74. The second kappa shape index (κ2) is 12.0. The van der Waals surface area contributed by atoms with Gasteiger partial charge in [-0.1, -0.05) is 32.9 Å². The Hall–Kier alpha value is -1.80. The van der Waals surface area contributed by atoms with Gasteiger partial charge < -0.3 is 19.6 Å². The lowest BCUT2D eigenvalue weighted by Crippen LogP contribution is -2.60. The number of thioether (sulfide) groups is 1. The number of aliphatic hydroxyl groups is 1. The van der Waals surface area contributed by atoms with E-state index in [4.69, 9.17) is 4.74 Å². The van der Waals surface area contributed by atoms with Crippen LogP contribution in [-0.4, -0.2) is 80.1 Å². The van der Waals surface area contributed by atoms with Crippen LogP contribution in [0.25, 0.3) is 0 Å². The number of unbranched alkanes of at least 4 members (excludes halogenated alkanes) is 2. The molecular formula is C31H50N2O5S. The van der Waals surface area contributed by atoms with Crippen molar-refractivity contribution in [2.24, 2.45) is 17.3 Å². The van der Waals surface area contributed by atoms with Crippen molar-refractivity contribution in [2.45, 2.75) is 108 Å². The number of amides is 2. The van der Waals surface area contributed by atoms with Crippen LogP contribution < -0.4 is 0 Å². The SMILES string of the molecule is C=CCCOC(=O)[C@H]1[C@H]2C(=O)N(CCCCCO)C(C(=O)N(CC=C)C(C)(C)CC(C)(C)C)C23CC[C@]1(C)S3. The van der Waals surface area contributed by atoms with Gasteiger partial charge in [-0.3, -0.25) is 14.4 Å². The summed E-state index contributed by atoms with van der Waals surface area (Å²) < 4.78 is 4.53. The van der Waals surface area contributed by atoms with Crippen molar-refractivity contribution >= 4 is 29.5 Å². The van der Waals surface area contributed by atoms with Gasteiger partial charge in [0, 0.05) is 30.0 Å². The largest absolute Gasteiger partial charge is 0.465 e. The third kappa shape index (κ3) is 6.12. The molecule has 3 fully saturated rings. The van der Waals surface area contributed by atoms with Gasteiger partial charge in [0.25, 0.3) is 0 Å². The lowest BCUT2D eigenvalue weighted by atomic mass is 9.66. The predicted molar refractivity (Wildman–Crippen MR) is 157 cm³/mol. The summed E-state index contributed by atoms with van der Waals surface area (Å²) in [5.74, 6) is -1.66. The smallest absolute Gasteiger partial charge is 0.311 e. The monoisotopic (exact) mass is 562 g/mol. The molecule has 220 valence electrons. The van der Waals surface area contributed by atoms with E-state index in [2.05, 4.69) is 54.7 Å². The van der Waals surface area contributed by atoms with Gasteiger partial charge in [0.05, 0.1) is 23.2 Å². The van der Waals surface area contributed by atoms with E-state index in [1.807, 2.05) is 4.90 Å². The van der Waals surface area contributed by atoms with Gasteiger partial charge in [-0.05, 0) is 71.1 Å². The van der Waals surface area contributed by atoms with E-state index >= 15 is 0 Å². The first kappa shape index (κ1) is 31.7. The van der Waals surface area contributed by atoms with E-state index in [0.29, 0.717) is 38.8 Å². The average molecular weight is 563 g/mol. The molecule has 8 heteroatoms. The molecule has 7 nitrogen and oxygen atoms in total. The van der Waals surface area contributed by atoms with Crippen LogP contribution in [0.1, 0.15) is 86.5 Å². The standard InChI is InChI=1S/C31H50N2O5S/c1-9-11-20-38-27(37)23-22-25(35)32(18-13-12-14-19-34)24(31(22)16-15-30(23,8)39-31)26(36)33(17-10-2)29(6,7)21-28(3,4)5/h9-10,22-24,34H,1-2,11-21H2,3-8H3/t22-,23+,24?,30-,31?/m0/s1. The maximum atomic E-state index is 14.7. The molecule has 3 saturated heterocycles. The lowest BCUT2D eigenvalue weighted by molar-refractivity contribution is -0.155. The summed E-state index contributed by atoms with van der Waals surface area (Å²) in [5, 5.41) is 9.28. The highest BCUT2D eigenvalue weighted by atomic mass is 32.2. The van der Waals surface area contributed by atoms with E-state index < -0.39 is 32.9 Å². The van der Waals surface area contributed by atoms with Crippen molar-refractivity contribution in [3.05, 3.63) is 25.3 Å². The number of likely N-dealkylation sites (tertiary alicyclic amines) is 1. The first-order valence-electron chi connectivity index (χ1n) is 14.5. The highest BCUT2D eigenvalue weighted by Crippen LogP contribution is 2.71. The highest BCUT2D eigenvalue weighted by molar-refractivity contribution is 8.02. The van der Waals surface area contributed by atoms with Crippen molar-refractivity contribution in [2.75, 3.05) is 26.3 Å². The zero-order valence-electron chi connectivity index (χ0n) is 25.0. The molecule has 0 aromatic rings. The van der Waals surface area contributed by atoms with Crippen molar-refractivity contribution in [3.63, 3.8) is 0 Å². The molecule has 1 spiro atoms. The van der Waals surface area contributed by atoms with Crippen molar-refractivity contribution in [1.29, 1.82) is 0 Å². The number of rotatable bonds is 14.